The fourth-order valence-electron chi connectivity index (χ4n) is 1.86. The molecule has 10 heteroatoms. The second-order valence-corrected chi connectivity index (χ2v) is 6.90. The Bertz CT molecular complexity index is 732. The van der Waals surface area contributed by atoms with Crippen molar-refractivity contribution in [2.75, 3.05) is 20.2 Å². The Morgan fingerprint density at radius 2 is 2.04 bits per heavy atom. The molecule has 1 aromatic carbocycles. The van der Waals surface area contributed by atoms with Crippen molar-refractivity contribution in [2.45, 2.75) is 31.7 Å². The first-order chi connectivity index (χ1) is 11.1. The Kier molecular flexibility index (Phi) is 6.81. The Hall–Kier alpha value is -2.04. The van der Waals surface area contributed by atoms with Gasteiger partial charge in [-0.3, -0.25) is 10.1 Å². The molecule has 0 aliphatic heterocycles. The van der Waals surface area contributed by atoms with Crippen LogP contribution in [0.5, 0.6) is 0 Å². The normalized spacial score (nSPS) is 12.7. The number of rotatable bonds is 8. The molecule has 1 unspecified atom stereocenters. The lowest BCUT2D eigenvalue weighted by atomic mass is 10.1. The van der Waals surface area contributed by atoms with Gasteiger partial charge < -0.3 is 10.1 Å². The summed E-state index contributed by atoms with van der Waals surface area (Å²) in [4.78, 5) is 22.1. The molecule has 0 aliphatic rings. The van der Waals surface area contributed by atoms with Gasteiger partial charge in [-0.1, -0.05) is 0 Å². The van der Waals surface area contributed by atoms with Gasteiger partial charge in [0.25, 0.3) is 5.69 Å². The van der Waals surface area contributed by atoms with E-state index < -0.39 is 26.6 Å². The van der Waals surface area contributed by atoms with Gasteiger partial charge in [0.1, 0.15) is 0 Å². The summed E-state index contributed by atoms with van der Waals surface area (Å²) < 4.78 is 31.9. The van der Waals surface area contributed by atoms with Crippen LogP contribution in [0.15, 0.2) is 17.0 Å². The summed E-state index contributed by atoms with van der Waals surface area (Å²) in [5.74, 6) is -0.807. The number of sulfonamides is 1. The van der Waals surface area contributed by atoms with Crippen molar-refractivity contribution in [2.24, 2.45) is 0 Å². The lowest BCUT2D eigenvalue weighted by molar-refractivity contribution is -0.385. The van der Waals surface area contributed by atoms with Gasteiger partial charge in [0, 0.05) is 24.2 Å². The molecular weight excluding hydrogens is 338 g/mol. The first kappa shape index (κ1) is 20.0. The van der Waals surface area contributed by atoms with Crippen LogP contribution in [0, 0.1) is 17.0 Å². The van der Waals surface area contributed by atoms with Gasteiger partial charge in [0.2, 0.25) is 10.0 Å². The van der Waals surface area contributed by atoms with Crippen molar-refractivity contribution >= 4 is 21.7 Å². The zero-order chi connectivity index (χ0) is 18.5. The minimum atomic E-state index is -4.01. The average Bonchev–Trinajstić information content (AvgIpc) is 2.52. The van der Waals surface area contributed by atoms with Crippen LogP contribution in [-0.2, 0) is 14.8 Å². The second-order valence-electron chi connectivity index (χ2n) is 5.13. The number of benzene rings is 1. The van der Waals surface area contributed by atoms with Gasteiger partial charge in [-0.2, -0.15) is 0 Å². The predicted molar refractivity (Wildman–Crippen MR) is 87.5 cm³/mol. The maximum absolute atomic E-state index is 12.4. The maximum Gasteiger partial charge on any atom is 0.338 e. The molecule has 0 saturated carbocycles. The maximum atomic E-state index is 12.4. The number of nitrogens with zero attached hydrogens (tertiary/aromatic N) is 1. The Morgan fingerprint density at radius 3 is 2.54 bits per heavy atom. The summed E-state index contributed by atoms with van der Waals surface area (Å²) in [7, 11) is -2.34. The Morgan fingerprint density at radius 1 is 1.42 bits per heavy atom. The van der Waals surface area contributed by atoms with Crippen LogP contribution in [0.3, 0.4) is 0 Å². The first-order valence-corrected chi connectivity index (χ1v) is 8.75. The molecule has 0 aliphatic carbocycles. The summed E-state index contributed by atoms with van der Waals surface area (Å²) >= 11 is 0. The number of ether oxygens (including phenoxy) is 1. The summed E-state index contributed by atoms with van der Waals surface area (Å²) in [6.45, 7) is 4.89. The minimum Gasteiger partial charge on any atom is -0.462 e. The lowest BCUT2D eigenvalue weighted by Crippen LogP contribution is -2.37. The van der Waals surface area contributed by atoms with Gasteiger partial charge in [-0.25, -0.2) is 17.9 Å². The highest BCUT2D eigenvalue weighted by Gasteiger charge is 2.26. The topological polar surface area (TPSA) is 128 Å². The molecule has 0 radical (unpaired) electrons. The molecule has 0 fully saturated rings. The van der Waals surface area contributed by atoms with E-state index in [0.29, 0.717) is 0 Å². The summed E-state index contributed by atoms with van der Waals surface area (Å²) in [6, 6.07) is 1.89. The van der Waals surface area contributed by atoms with Gasteiger partial charge in [-0.15, -0.1) is 0 Å². The largest absolute Gasteiger partial charge is 0.462 e. The lowest BCUT2D eigenvalue weighted by Gasteiger charge is -2.13. The van der Waals surface area contributed by atoms with Gasteiger partial charge >= 0.3 is 5.97 Å². The van der Waals surface area contributed by atoms with Gasteiger partial charge in [-0.05, 0) is 33.9 Å². The third kappa shape index (κ3) is 4.73. The van der Waals surface area contributed by atoms with E-state index in [1.807, 2.05) is 0 Å². The number of likely N-dealkylation sites (N-methyl/N-ethyl adjacent to an activating group) is 1. The molecule has 2 N–H and O–H groups in total. The highest BCUT2D eigenvalue weighted by molar-refractivity contribution is 7.89. The minimum absolute atomic E-state index is 0.0565. The first-order valence-electron chi connectivity index (χ1n) is 7.27. The fraction of sp³-hybridized carbons (Fsp3) is 0.500. The van der Waals surface area contributed by atoms with Crippen LogP contribution in [0.1, 0.15) is 29.8 Å². The molecule has 0 spiro atoms. The van der Waals surface area contributed by atoms with Crippen molar-refractivity contribution in [1.29, 1.82) is 0 Å². The number of hydrogen-bond acceptors (Lipinski definition) is 7. The van der Waals surface area contributed by atoms with Gasteiger partial charge in [0.15, 0.2) is 0 Å². The number of hydrogen-bond donors (Lipinski definition) is 2. The summed E-state index contributed by atoms with van der Waals surface area (Å²) in [5, 5.41) is 14.0. The van der Waals surface area contributed by atoms with Crippen LogP contribution in [-0.4, -0.2) is 45.6 Å². The van der Waals surface area contributed by atoms with Crippen LogP contribution in [0.4, 0.5) is 5.69 Å². The number of nitro groups is 1. The number of nitrogens with one attached hydrogen (secondary N) is 2. The Balaban J connectivity index is 3.37. The van der Waals surface area contributed by atoms with Crippen molar-refractivity contribution < 1.29 is 22.9 Å². The zero-order valence-electron chi connectivity index (χ0n) is 14.0. The highest BCUT2D eigenvalue weighted by atomic mass is 32.2. The predicted octanol–water partition coefficient (Wildman–Crippen LogP) is 0.966. The van der Waals surface area contributed by atoms with Crippen molar-refractivity contribution in [3.05, 3.63) is 33.4 Å². The van der Waals surface area contributed by atoms with E-state index in [4.69, 9.17) is 4.74 Å². The smallest absolute Gasteiger partial charge is 0.338 e. The van der Waals surface area contributed by atoms with Gasteiger partial charge in [0.05, 0.1) is 22.0 Å². The molecular formula is C14H21N3O6S. The number of nitro benzene ring substituents is 1. The van der Waals surface area contributed by atoms with Crippen LogP contribution in [0.25, 0.3) is 0 Å². The van der Waals surface area contributed by atoms with Crippen molar-refractivity contribution in [1.82, 2.24) is 10.0 Å². The molecule has 1 rings (SSSR count). The molecule has 0 heterocycles. The quantitative estimate of drug-likeness (QED) is 0.402. The zero-order valence-corrected chi connectivity index (χ0v) is 14.8. The summed E-state index contributed by atoms with van der Waals surface area (Å²) in [5.41, 5.74) is -0.545. The van der Waals surface area contributed by atoms with Crippen molar-refractivity contribution in [3.63, 3.8) is 0 Å². The Labute approximate surface area is 140 Å². The molecule has 0 saturated heterocycles. The molecule has 24 heavy (non-hydrogen) atoms. The number of carbonyl (C=O) groups is 1. The second kappa shape index (κ2) is 8.18. The number of carbonyl (C=O) groups excluding carboxylic acids is 1. The van der Waals surface area contributed by atoms with E-state index in [9.17, 15) is 23.3 Å². The van der Waals surface area contributed by atoms with E-state index in [2.05, 4.69) is 10.0 Å². The molecule has 0 amide bonds. The van der Waals surface area contributed by atoms with Crippen molar-refractivity contribution in [3.8, 4) is 0 Å². The third-order valence-electron chi connectivity index (χ3n) is 3.43. The molecule has 1 aromatic rings. The summed E-state index contributed by atoms with van der Waals surface area (Å²) in [6.07, 6.45) is 0. The third-order valence-corrected chi connectivity index (χ3v) is 4.83. The van der Waals surface area contributed by atoms with Crippen LogP contribution in [0.2, 0.25) is 0 Å². The van der Waals surface area contributed by atoms with E-state index in [1.54, 1.807) is 20.9 Å². The standard InChI is InChI=1S/C14H21N3O6S/c1-5-23-14(18)12-6-11(7-13(10(12)3)17(19)20)24(21,22)16-8-9(2)15-4/h6-7,9,15-16H,5,8H2,1-4H3. The molecule has 9 nitrogen and oxygen atoms in total. The van der Waals surface area contributed by atoms with E-state index in [-0.39, 0.29) is 35.2 Å². The molecule has 134 valence electrons. The van der Waals surface area contributed by atoms with Crippen LogP contribution >= 0.6 is 0 Å². The molecule has 0 bridgehead atoms. The molecule has 1 atom stereocenters. The molecule has 0 aromatic heterocycles. The monoisotopic (exact) mass is 359 g/mol. The average molecular weight is 359 g/mol. The van der Waals surface area contributed by atoms with E-state index in [1.165, 1.54) is 6.92 Å². The van der Waals surface area contributed by atoms with E-state index in [0.717, 1.165) is 12.1 Å². The fourth-order valence-corrected chi connectivity index (χ4v) is 3.03. The van der Waals surface area contributed by atoms with E-state index >= 15 is 0 Å². The highest BCUT2D eigenvalue weighted by Crippen LogP contribution is 2.27. The van der Waals surface area contributed by atoms with Crippen LogP contribution < -0.4 is 10.0 Å². The number of esters is 1. The SMILES string of the molecule is CCOC(=O)c1cc(S(=O)(=O)NCC(C)NC)cc([N+](=O)[O-])c1C.